The Morgan fingerprint density at radius 3 is 2.83 bits per heavy atom. The highest BCUT2D eigenvalue weighted by Gasteiger charge is 2.47. The second-order valence-corrected chi connectivity index (χ2v) is 6.61. The molecule has 1 N–H and O–H groups in total. The quantitative estimate of drug-likeness (QED) is 0.927. The molecule has 1 saturated heterocycles. The molecule has 1 aromatic rings. The predicted octanol–water partition coefficient (Wildman–Crippen LogP) is 2.62. The Morgan fingerprint density at radius 2 is 2.09 bits per heavy atom. The smallest absolute Gasteiger partial charge is 0.326 e. The van der Waals surface area contributed by atoms with Crippen LogP contribution in [0.15, 0.2) is 24.3 Å². The highest BCUT2D eigenvalue weighted by atomic mass is 16.5. The Morgan fingerprint density at radius 1 is 1.30 bits per heavy atom. The molecule has 5 nitrogen and oxygen atoms in total. The van der Waals surface area contributed by atoms with Gasteiger partial charge < -0.3 is 14.7 Å². The molecule has 3 atom stereocenters. The number of likely N-dealkylation sites (tertiary alicyclic amines) is 1. The van der Waals surface area contributed by atoms with Crippen LogP contribution in [0.4, 0.5) is 0 Å². The summed E-state index contributed by atoms with van der Waals surface area (Å²) >= 11 is 0. The molecule has 1 saturated carbocycles. The fourth-order valence-electron chi connectivity index (χ4n) is 3.96. The molecular formula is C18H23NO4. The molecule has 2 aliphatic rings. The number of fused-ring (bicyclic) bond motifs is 1. The van der Waals surface area contributed by atoms with Gasteiger partial charge in [-0.05, 0) is 49.8 Å². The Kier molecular flexibility index (Phi) is 4.55. The molecule has 0 spiro atoms. The van der Waals surface area contributed by atoms with Crippen molar-refractivity contribution >= 4 is 11.9 Å². The van der Waals surface area contributed by atoms with Crippen LogP contribution in [0.2, 0.25) is 0 Å². The van der Waals surface area contributed by atoms with Gasteiger partial charge >= 0.3 is 5.97 Å². The average molecular weight is 317 g/mol. The van der Waals surface area contributed by atoms with Crippen molar-refractivity contribution in [1.29, 1.82) is 0 Å². The number of nitrogens with zero attached hydrogens (tertiary/aromatic N) is 1. The zero-order chi connectivity index (χ0) is 16.4. The van der Waals surface area contributed by atoms with Gasteiger partial charge in [0.15, 0.2) is 6.61 Å². The predicted molar refractivity (Wildman–Crippen MR) is 85.3 cm³/mol. The summed E-state index contributed by atoms with van der Waals surface area (Å²) in [5.41, 5.74) is 1.06. The van der Waals surface area contributed by atoms with Gasteiger partial charge in [-0.1, -0.05) is 25.0 Å². The molecule has 1 heterocycles. The van der Waals surface area contributed by atoms with E-state index < -0.39 is 12.0 Å². The van der Waals surface area contributed by atoms with E-state index in [4.69, 9.17) is 4.74 Å². The number of aliphatic carboxylic acids is 1. The summed E-state index contributed by atoms with van der Waals surface area (Å²) in [6, 6.07) is 6.89. The third kappa shape index (κ3) is 3.33. The molecule has 3 unspecified atom stereocenters. The Bertz CT molecular complexity index is 600. The van der Waals surface area contributed by atoms with Crippen LogP contribution < -0.4 is 4.74 Å². The molecule has 1 aliphatic carbocycles. The van der Waals surface area contributed by atoms with Crippen LogP contribution in [0.3, 0.4) is 0 Å². The molecule has 1 aliphatic heterocycles. The van der Waals surface area contributed by atoms with E-state index in [2.05, 4.69) is 0 Å². The van der Waals surface area contributed by atoms with E-state index in [1.54, 1.807) is 4.90 Å². The van der Waals surface area contributed by atoms with Crippen molar-refractivity contribution in [2.24, 2.45) is 5.92 Å². The standard InChI is InChI=1S/C18H23NO4/c1-12-5-4-7-14(9-12)23-11-17(20)19-15-8-3-2-6-13(15)10-16(19)18(21)22/h4-5,7,9,13,15-16H,2-3,6,8,10-11H2,1H3,(H,21,22). The van der Waals surface area contributed by atoms with E-state index in [1.807, 2.05) is 31.2 Å². The lowest BCUT2D eigenvalue weighted by Crippen LogP contribution is -2.48. The third-order valence-electron chi connectivity index (χ3n) is 5.01. The van der Waals surface area contributed by atoms with Crippen molar-refractivity contribution < 1.29 is 19.4 Å². The lowest BCUT2D eigenvalue weighted by atomic mass is 9.85. The number of hydrogen-bond acceptors (Lipinski definition) is 3. The number of carbonyl (C=O) groups is 2. The van der Waals surface area contributed by atoms with Gasteiger partial charge in [-0.3, -0.25) is 4.79 Å². The molecule has 1 aromatic carbocycles. The van der Waals surface area contributed by atoms with Crippen LogP contribution in [0.1, 0.15) is 37.7 Å². The first kappa shape index (κ1) is 15.8. The SMILES string of the molecule is Cc1cccc(OCC(=O)N2C(C(=O)O)CC3CCCCC32)c1. The van der Waals surface area contributed by atoms with Gasteiger partial charge in [-0.15, -0.1) is 0 Å². The van der Waals surface area contributed by atoms with Crippen LogP contribution in [0.5, 0.6) is 5.75 Å². The molecule has 2 fully saturated rings. The van der Waals surface area contributed by atoms with E-state index >= 15 is 0 Å². The maximum Gasteiger partial charge on any atom is 0.326 e. The molecule has 1 amide bonds. The number of hydrogen-bond donors (Lipinski definition) is 1. The maximum absolute atomic E-state index is 12.6. The highest BCUT2D eigenvalue weighted by molar-refractivity contribution is 5.85. The number of carboxylic acid groups (broad SMARTS) is 1. The average Bonchev–Trinajstić information content (AvgIpc) is 2.92. The fraction of sp³-hybridized carbons (Fsp3) is 0.556. The van der Waals surface area contributed by atoms with Crippen LogP contribution >= 0.6 is 0 Å². The first-order chi connectivity index (χ1) is 11.1. The summed E-state index contributed by atoms with van der Waals surface area (Å²) in [6.07, 6.45) is 4.71. The minimum atomic E-state index is -0.900. The van der Waals surface area contributed by atoms with Crippen LogP contribution in [0.25, 0.3) is 0 Å². The van der Waals surface area contributed by atoms with Gasteiger partial charge in [-0.25, -0.2) is 4.79 Å². The van der Waals surface area contributed by atoms with E-state index in [-0.39, 0.29) is 18.6 Å². The molecule has 23 heavy (non-hydrogen) atoms. The van der Waals surface area contributed by atoms with E-state index in [1.165, 1.54) is 0 Å². The van der Waals surface area contributed by atoms with Gasteiger partial charge in [0, 0.05) is 6.04 Å². The molecule has 0 bridgehead atoms. The van der Waals surface area contributed by atoms with Crippen molar-refractivity contribution in [3.8, 4) is 5.75 Å². The molecule has 124 valence electrons. The largest absolute Gasteiger partial charge is 0.484 e. The summed E-state index contributed by atoms with van der Waals surface area (Å²) in [6.45, 7) is 1.86. The van der Waals surface area contributed by atoms with Crippen molar-refractivity contribution in [3.63, 3.8) is 0 Å². The van der Waals surface area contributed by atoms with E-state index in [0.29, 0.717) is 18.1 Å². The third-order valence-corrected chi connectivity index (χ3v) is 5.01. The van der Waals surface area contributed by atoms with Gasteiger partial charge in [0.05, 0.1) is 0 Å². The monoisotopic (exact) mass is 317 g/mol. The highest BCUT2D eigenvalue weighted by Crippen LogP contribution is 2.39. The number of benzene rings is 1. The topological polar surface area (TPSA) is 66.8 Å². The first-order valence-electron chi connectivity index (χ1n) is 8.29. The Balaban J connectivity index is 1.69. The Hall–Kier alpha value is -2.04. The van der Waals surface area contributed by atoms with Crippen molar-refractivity contribution in [2.75, 3.05) is 6.61 Å². The molecule has 3 rings (SSSR count). The van der Waals surface area contributed by atoms with E-state index in [9.17, 15) is 14.7 Å². The number of aryl methyl sites for hydroxylation is 1. The van der Waals surface area contributed by atoms with Crippen LogP contribution in [0, 0.1) is 12.8 Å². The second-order valence-electron chi connectivity index (χ2n) is 6.61. The van der Waals surface area contributed by atoms with Crippen LogP contribution in [-0.4, -0.2) is 40.6 Å². The lowest BCUT2D eigenvalue weighted by Gasteiger charge is -2.32. The number of carboxylic acids is 1. The minimum Gasteiger partial charge on any atom is -0.484 e. The van der Waals surface area contributed by atoms with Crippen molar-refractivity contribution in [1.82, 2.24) is 4.90 Å². The lowest BCUT2D eigenvalue weighted by molar-refractivity contribution is -0.150. The zero-order valence-corrected chi connectivity index (χ0v) is 13.4. The summed E-state index contributed by atoms with van der Waals surface area (Å²) in [5.74, 6) is -0.144. The number of rotatable bonds is 4. The van der Waals surface area contributed by atoms with Gasteiger partial charge in [0.1, 0.15) is 11.8 Å². The zero-order valence-electron chi connectivity index (χ0n) is 13.4. The van der Waals surface area contributed by atoms with E-state index in [0.717, 1.165) is 31.2 Å². The molecule has 5 heteroatoms. The van der Waals surface area contributed by atoms with Gasteiger partial charge in [-0.2, -0.15) is 0 Å². The van der Waals surface area contributed by atoms with Crippen molar-refractivity contribution in [3.05, 3.63) is 29.8 Å². The minimum absolute atomic E-state index is 0.0680. The summed E-state index contributed by atoms with van der Waals surface area (Å²) in [5, 5.41) is 9.47. The second kappa shape index (κ2) is 6.60. The summed E-state index contributed by atoms with van der Waals surface area (Å²) < 4.78 is 5.58. The number of ether oxygens (including phenoxy) is 1. The molecule has 0 radical (unpaired) electrons. The van der Waals surface area contributed by atoms with Crippen LogP contribution in [-0.2, 0) is 9.59 Å². The Labute approximate surface area is 136 Å². The summed E-state index contributed by atoms with van der Waals surface area (Å²) in [4.78, 5) is 25.7. The van der Waals surface area contributed by atoms with Gasteiger partial charge in [0.25, 0.3) is 5.91 Å². The molecule has 0 aromatic heterocycles. The molecular weight excluding hydrogens is 294 g/mol. The number of carbonyl (C=O) groups excluding carboxylic acids is 1. The normalized spacial score (nSPS) is 26.7. The fourth-order valence-corrected chi connectivity index (χ4v) is 3.96. The first-order valence-corrected chi connectivity index (χ1v) is 8.29. The maximum atomic E-state index is 12.6. The van der Waals surface area contributed by atoms with Gasteiger partial charge in [0.2, 0.25) is 0 Å². The number of amides is 1. The summed E-state index contributed by atoms with van der Waals surface area (Å²) in [7, 11) is 0. The van der Waals surface area contributed by atoms with Crippen molar-refractivity contribution in [2.45, 2.75) is 51.1 Å².